The van der Waals surface area contributed by atoms with Crippen molar-refractivity contribution in [3.05, 3.63) is 83.9 Å². The molecule has 2 aromatic carbocycles. The van der Waals surface area contributed by atoms with Gasteiger partial charge in [0, 0.05) is 23.0 Å². The molecule has 8 nitrogen and oxygen atoms in total. The van der Waals surface area contributed by atoms with E-state index in [9.17, 15) is 4.79 Å². The van der Waals surface area contributed by atoms with Crippen LogP contribution in [0.25, 0.3) is 5.82 Å². The molecule has 1 amide bonds. The van der Waals surface area contributed by atoms with E-state index >= 15 is 0 Å². The minimum atomic E-state index is -0.224. The highest BCUT2D eigenvalue weighted by Gasteiger charge is 2.09. The first-order chi connectivity index (χ1) is 15.0. The zero-order chi connectivity index (χ0) is 21.8. The fourth-order valence-corrected chi connectivity index (χ4v) is 3.06. The van der Waals surface area contributed by atoms with Crippen LogP contribution in [-0.4, -0.2) is 32.8 Å². The molecule has 0 saturated carbocycles. The van der Waals surface area contributed by atoms with Crippen molar-refractivity contribution in [3.63, 3.8) is 0 Å². The maximum absolute atomic E-state index is 12.4. The number of methoxy groups -OCH3 is 1. The second kappa shape index (κ2) is 8.66. The Morgan fingerprint density at radius 3 is 2.48 bits per heavy atom. The number of carbonyl (C=O) groups excluding carboxylic acids is 1. The van der Waals surface area contributed by atoms with Gasteiger partial charge in [0.2, 0.25) is 5.88 Å². The minimum absolute atomic E-state index is 0.224. The van der Waals surface area contributed by atoms with Crippen molar-refractivity contribution in [1.82, 2.24) is 19.7 Å². The molecule has 0 spiro atoms. The highest BCUT2D eigenvalue weighted by molar-refractivity contribution is 6.04. The number of anilines is 1. The average Bonchev–Trinajstić information content (AvgIpc) is 3.13. The van der Waals surface area contributed by atoms with Crippen LogP contribution < -0.4 is 14.8 Å². The van der Waals surface area contributed by atoms with Crippen molar-refractivity contribution in [2.45, 2.75) is 13.8 Å². The average molecular weight is 415 g/mol. The van der Waals surface area contributed by atoms with Gasteiger partial charge in [-0.25, -0.2) is 14.6 Å². The third kappa shape index (κ3) is 4.69. The number of ether oxygens (including phenoxy) is 2. The first-order valence-electron chi connectivity index (χ1n) is 9.61. The highest BCUT2D eigenvalue weighted by Crippen LogP contribution is 2.23. The van der Waals surface area contributed by atoms with E-state index in [2.05, 4.69) is 20.4 Å². The third-order valence-electron chi connectivity index (χ3n) is 4.52. The van der Waals surface area contributed by atoms with Gasteiger partial charge in [0.25, 0.3) is 5.91 Å². The van der Waals surface area contributed by atoms with Crippen molar-refractivity contribution < 1.29 is 14.3 Å². The zero-order valence-corrected chi connectivity index (χ0v) is 17.4. The third-order valence-corrected chi connectivity index (χ3v) is 4.52. The predicted molar refractivity (Wildman–Crippen MR) is 116 cm³/mol. The van der Waals surface area contributed by atoms with Crippen LogP contribution in [-0.2, 0) is 0 Å². The van der Waals surface area contributed by atoms with Gasteiger partial charge in [-0.1, -0.05) is 6.07 Å². The first-order valence-corrected chi connectivity index (χ1v) is 9.61. The quantitative estimate of drug-likeness (QED) is 0.504. The predicted octanol–water partition coefficient (Wildman–Crippen LogP) is 4.33. The van der Waals surface area contributed by atoms with Crippen LogP contribution >= 0.6 is 0 Å². The Labute approximate surface area is 179 Å². The fraction of sp³-hybridized carbons (Fsp3) is 0.130. The fourth-order valence-electron chi connectivity index (χ4n) is 3.06. The van der Waals surface area contributed by atoms with Gasteiger partial charge >= 0.3 is 0 Å². The molecule has 0 aliphatic heterocycles. The number of amides is 1. The number of carbonyl (C=O) groups is 1. The minimum Gasteiger partial charge on any atom is -0.497 e. The summed E-state index contributed by atoms with van der Waals surface area (Å²) in [5.41, 5.74) is 3.03. The highest BCUT2D eigenvalue weighted by atomic mass is 16.5. The molecule has 0 saturated heterocycles. The molecule has 2 heterocycles. The summed E-state index contributed by atoms with van der Waals surface area (Å²) < 4.78 is 12.7. The standard InChI is InChI=1S/C23H21N5O3/c1-15-11-16(2)28(27-15)21-13-22(25-14-24-21)31-19-9-7-18(8-10-19)26-23(29)17-5-4-6-20(12-17)30-3/h4-14H,1-3H3,(H,26,29). The Kier molecular flexibility index (Phi) is 5.61. The lowest BCUT2D eigenvalue weighted by molar-refractivity contribution is 0.102. The molecule has 31 heavy (non-hydrogen) atoms. The molecule has 156 valence electrons. The van der Waals surface area contributed by atoms with E-state index in [-0.39, 0.29) is 5.91 Å². The van der Waals surface area contributed by atoms with Crippen molar-refractivity contribution in [2.24, 2.45) is 0 Å². The lowest BCUT2D eigenvalue weighted by atomic mass is 10.2. The summed E-state index contributed by atoms with van der Waals surface area (Å²) in [5.74, 6) is 2.00. The first kappa shape index (κ1) is 20.1. The topological polar surface area (TPSA) is 91.2 Å². The number of rotatable bonds is 6. The molecule has 0 aliphatic carbocycles. The Morgan fingerprint density at radius 1 is 0.968 bits per heavy atom. The van der Waals surface area contributed by atoms with Crippen molar-refractivity contribution >= 4 is 11.6 Å². The zero-order valence-electron chi connectivity index (χ0n) is 17.4. The van der Waals surface area contributed by atoms with Crippen LogP contribution in [0.1, 0.15) is 21.7 Å². The van der Waals surface area contributed by atoms with E-state index < -0.39 is 0 Å². The summed E-state index contributed by atoms with van der Waals surface area (Å²) in [4.78, 5) is 20.9. The summed E-state index contributed by atoms with van der Waals surface area (Å²) in [5, 5.41) is 7.28. The van der Waals surface area contributed by atoms with Crippen LogP contribution in [0.4, 0.5) is 5.69 Å². The Balaban J connectivity index is 1.45. The normalized spacial score (nSPS) is 10.5. The monoisotopic (exact) mass is 415 g/mol. The van der Waals surface area contributed by atoms with Gasteiger partial charge in [-0.3, -0.25) is 4.79 Å². The summed E-state index contributed by atoms with van der Waals surface area (Å²) in [6.45, 7) is 3.89. The molecular weight excluding hydrogens is 394 g/mol. The molecule has 0 unspecified atom stereocenters. The van der Waals surface area contributed by atoms with E-state index in [0.717, 1.165) is 11.4 Å². The van der Waals surface area contributed by atoms with E-state index in [1.165, 1.54) is 6.33 Å². The van der Waals surface area contributed by atoms with Gasteiger partial charge in [0.1, 0.15) is 17.8 Å². The summed E-state index contributed by atoms with van der Waals surface area (Å²) in [6.07, 6.45) is 1.43. The molecule has 4 aromatic rings. The van der Waals surface area contributed by atoms with Gasteiger partial charge < -0.3 is 14.8 Å². The van der Waals surface area contributed by atoms with Crippen LogP contribution in [0.3, 0.4) is 0 Å². The summed E-state index contributed by atoms with van der Waals surface area (Å²) in [6, 6.07) is 17.7. The molecule has 4 rings (SSSR count). The van der Waals surface area contributed by atoms with Crippen LogP contribution in [0.15, 0.2) is 67.0 Å². The Bertz CT molecular complexity index is 1220. The lowest BCUT2D eigenvalue weighted by Gasteiger charge is -2.09. The summed E-state index contributed by atoms with van der Waals surface area (Å²) in [7, 11) is 1.56. The van der Waals surface area contributed by atoms with Crippen molar-refractivity contribution in [1.29, 1.82) is 0 Å². The van der Waals surface area contributed by atoms with Crippen LogP contribution in [0.2, 0.25) is 0 Å². The molecule has 2 aromatic heterocycles. The number of aromatic nitrogens is 4. The van der Waals surface area contributed by atoms with Gasteiger partial charge in [-0.05, 0) is 62.4 Å². The summed E-state index contributed by atoms with van der Waals surface area (Å²) >= 11 is 0. The SMILES string of the molecule is COc1cccc(C(=O)Nc2ccc(Oc3cc(-n4nc(C)cc4C)ncn3)cc2)c1. The van der Waals surface area contributed by atoms with Gasteiger partial charge in [0.05, 0.1) is 12.8 Å². The van der Waals surface area contributed by atoms with Crippen molar-refractivity contribution in [2.75, 3.05) is 12.4 Å². The largest absolute Gasteiger partial charge is 0.497 e. The second-order valence-corrected chi connectivity index (χ2v) is 6.87. The number of hydrogen-bond donors (Lipinski definition) is 1. The molecule has 1 N–H and O–H groups in total. The smallest absolute Gasteiger partial charge is 0.255 e. The maximum Gasteiger partial charge on any atom is 0.255 e. The van der Waals surface area contributed by atoms with Gasteiger partial charge in [-0.2, -0.15) is 5.10 Å². The van der Waals surface area contributed by atoms with Crippen molar-refractivity contribution in [3.8, 4) is 23.2 Å². The number of nitrogens with zero attached hydrogens (tertiary/aromatic N) is 4. The van der Waals surface area contributed by atoms with E-state index in [1.54, 1.807) is 66.4 Å². The van der Waals surface area contributed by atoms with Crippen LogP contribution in [0, 0.1) is 13.8 Å². The molecule has 0 atom stereocenters. The van der Waals surface area contributed by atoms with E-state index in [4.69, 9.17) is 9.47 Å². The van der Waals surface area contributed by atoms with E-state index in [0.29, 0.717) is 34.4 Å². The number of hydrogen-bond acceptors (Lipinski definition) is 6. The van der Waals surface area contributed by atoms with Gasteiger partial charge in [0.15, 0.2) is 5.82 Å². The number of benzene rings is 2. The molecule has 0 fully saturated rings. The van der Waals surface area contributed by atoms with Gasteiger partial charge in [-0.15, -0.1) is 0 Å². The molecule has 8 heteroatoms. The molecular formula is C23H21N5O3. The Hall–Kier alpha value is -4.20. The maximum atomic E-state index is 12.4. The van der Waals surface area contributed by atoms with E-state index in [1.807, 2.05) is 19.9 Å². The Morgan fingerprint density at radius 2 is 1.77 bits per heavy atom. The number of nitrogens with one attached hydrogen (secondary N) is 1. The van der Waals surface area contributed by atoms with Crippen LogP contribution in [0.5, 0.6) is 17.4 Å². The molecule has 0 bridgehead atoms. The number of aryl methyl sites for hydroxylation is 2. The molecule has 0 radical (unpaired) electrons. The second-order valence-electron chi connectivity index (χ2n) is 6.87. The molecule has 0 aliphatic rings. The lowest BCUT2D eigenvalue weighted by Crippen LogP contribution is -2.11.